The van der Waals surface area contributed by atoms with Gasteiger partial charge in [0.1, 0.15) is 6.54 Å². The van der Waals surface area contributed by atoms with E-state index in [4.69, 9.17) is 11.5 Å². The second kappa shape index (κ2) is 6.67. The van der Waals surface area contributed by atoms with Crippen molar-refractivity contribution in [2.24, 2.45) is 11.5 Å². The van der Waals surface area contributed by atoms with Crippen molar-refractivity contribution >= 4 is 17.5 Å². The summed E-state index contributed by atoms with van der Waals surface area (Å²) in [6, 6.07) is 9.03. The topological polar surface area (TPSA) is 116 Å². The number of anilines is 1. The van der Waals surface area contributed by atoms with Crippen LogP contribution in [0.1, 0.15) is 18.0 Å². The summed E-state index contributed by atoms with van der Waals surface area (Å²) in [5.41, 5.74) is 12.4. The fourth-order valence-corrected chi connectivity index (χ4v) is 1.90. The maximum absolute atomic E-state index is 11.9. The van der Waals surface area contributed by atoms with Gasteiger partial charge in [-0.2, -0.15) is 5.10 Å². The Morgan fingerprint density at radius 3 is 2.67 bits per heavy atom. The van der Waals surface area contributed by atoms with E-state index in [0.717, 1.165) is 5.56 Å². The highest BCUT2D eigenvalue weighted by Gasteiger charge is 2.12. The molecule has 0 saturated carbocycles. The van der Waals surface area contributed by atoms with Crippen LogP contribution in [0.2, 0.25) is 0 Å². The second-order valence-electron chi connectivity index (χ2n) is 4.66. The zero-order valence-electron chi connectivity index (χ0n) is 11.4. The standard InChI is InChI=1S/C14H17N5O2/c15-12(10-4-2-1-3-5-10)6-14(21)18-11-7-17-19(8-11)9-13(16)20/h1-5,7-8,12H,6,9,15H2,(H2,16,20)(H,18,21). The zero-order valence-corrected chi connectivity index (χ0v) is 11.4. The van der Waals surface area contributed by atoms with Crippen LogP contribution in [0.25, 0.3) is 0 Å². The lowest BCUT2D eigenvalue weighted by Gasteiger charge is -2.11. The van der Waals surface area contributed by atoms with Crippen LogP contribution in [0.4, 0.5) is 5.69 Å². The van der Waals surface area contributed by atoms with Gasteiger partial charge in [0.2, 0.25) is 11.8 Å². The van der Waals surface area contributed by atoms with E-state index >= 15 is 0 Å². The van der Waals surface area contributed by atoms with E-state index < -0.39 is 5.91 Å². The third-order valence-corrected chi connectivity index (χ3v) is 2.87. The molecule has 2 aromatic rings. The number of hydrogen-bond donors (Lipinski definition) is 3. The van der Waals surface area contributed by atoms with Crippen LogP contribution in [0.5, 0.6) is 0 Å². The first-order valence-corrected chi connectivity index (χ1v) is 6.45. The lowest BCUT2D eigenvalue weighted by Crippen LogP contribution is -2.20. The van der Waals surface area contributed by atoms with Gasteiger partial charge in [-0.25, -0.2) is 0 Å². The van der Waals surface area contributed by atoms with Crippen LogP contribution in [0, 0.1) is 0 Å². The highest BCUT2D eigenvalue weighted by Crippen LogP contribution is 2.14. The summed E-state index contributed by atoms with van der Waals surface area (Å²) in [5.74, 6) is -0.716. The smallest absolute Gasteiger partial charge is 0.239 e. The minimum absolute atomic E-state index is 0.0284. The van der Waals surface area contributed by atoms with Gasteiger partial charge in [0.25, 0.3) is 0 Å². The largest absolute Gasteiger partial charge is 0.368 e. The Hall–Kier alpha value is -2.67. The minimum Gasteiger partial charge on any atom is -0.368 e. The molecule has 0 aliphatic heterocycles. The maximum Gasteiger partial charge on any atom is 0.239 e. The summed E-state index contributed by atoms with van der Waals surface area (Å²) in [5, 5.41) is 6.60. The predicted octanol–water partition coefficient (Wildman–Crippen LogP) is 0.397. The molecule has 0 spiro atoms. The molecule has 7 heteroatoms. The number of nitrogens with one attached hydrogen (secondary N) is 1. The van der Waals surface area contributed by atoms with Crippen LogP contribution < -0.4 is 16.8 Å². The molecule has 7 nitrogen and oxygen atoms in total. The highest BCUT2D eigenvalue weighted by atomic mass is 16.2. The van der Waals surface area contributed by atoms with Crippen molar-refractivity contribution in [3.05, 3.63) is 48.3 Å². The first-order chi connectivity index (χ1) is 10.0. The quantitative estimate of drug-likeness (QED) is 0.712. The maximum atomic E-state index is 11.9. The summed E-state index contributed by atoms with van der Waals surface area (Å²) in [6.45, 7) is -0.0284. The number of nitrogens with two attached hydrogens (primary N) is 2. The van der Waals surface area contributed by atoms with Gasteiger partial charge >= 0.3 is 0 Å². The molecular weight excluding hydrogens is 270 g/mol. The monoisotopic (exact) mass is 287 g/mol. The van der Waals surface area contributed by atoms with Gasteiger partial charge in [0.05, 0.1) is 11.9 Å². The third kappa shape index (κ3) is 4.43. The molecule has 110 valence electrons. The van der Waals surface area contributed by atoms with E-state index in [0.29, 0.717) is 5.69 Å². The van der Waals surface area contributed by atoms with Crippen LogP contribution in [-0.4, -0.2) is 21.6 Å². The Labute approximate surface area is 121 Å². The first kappa shape index (κ1) is 14.7. The van der Waals surface area contributed by atoms with Gasteiger partial charge in [-0.1, -0.05) is 30.3 Å². The average molecular weight is 287 g/mol. The van der Waals surface area contributed by atoms with Gasteiger partial charge in [-0.05, 0) is 5.56 Å². The number of benzene rings is 1. The lowest BCUT2D eigenvalue weighted by atomic mass is 10.0. The fraction of sp³-hybridized carbons (Fsp3) is 0.214. The molecule has 1 atom stereocenters. The fourth-order valence-electron chi connectivity index (χ4n) is 1.90. The molecule has 5 N–H and O–H groups in total. The number of carbonyl (C=O) groups is 2. The van der Waals surface area contributed by atoms with Crippen LogP contribution in [-0.2, 0) is 16.1 Å². The number of primary amides is 1. The van der Waals surface area contributed by atoms with Crippen LogP contribution >= 0.6 is 0 Å². The van der Waals surface area contributed by atoms with Gasteiger partial charge < -0.3 is 16.8 Å². The first-order valence-electron chi connectivity index (χ1n) is 6.45. The number of carbonyl (C=O) groups excluding carboxylic acids is 2. The molecule has 1 unspecified atom stereocenters. The van der Waals surface area contributed by atoms with E-state index in [-0.39, 0.29) is 24.9 Å². The van der Waals surface area contributed by atoms with Gasteiger partial charge in [-0.15, -0.1) is 0 Å². The molecule has 21 heavy (non-hydrogen) atoms. The van der Waals surface area contributed by atoms with Crippen molar-refractivity contribution in [2.45, 2.75) is 19.0 Å². The third-order valence-electron chi connectivity index (χ3n) is 2.87. The van der Waals surface area contributed by atoms with E-state index in [9.17, 15) is 9.59 Å². The van der Waals surface area contributed by atoms with Crippen molar-refractivity contribution in [1.82, 2.24) is 9.78 Å². The van der Waals surface area contributed by atoms with E-state index in [1.165, 1.54) is 17.1 Å². The van der Waals surface area contributed by atoms with Crippen LogP contribution in [0.3, 0.4) is 0 Å². The molecule has 1 aromatic carbocycles. The molecule has 0 aliphatic rings. The number of aromatic nitrogens is 2. The molecule has 1 aromatic heterocycles. The Kier molecular flexibility index (Phi) is 4.68. The summed E-state index contributed by atoms with van der Waals surface area (Å²) < 4.78 is 1.36. The number of rotatable bonds is 6. The van der Waals surface area contributed by atoms with Crippen molar-refractivity contribution in [3.8, 4) is 0 Å². The molecule has 0 saturated heterocycles. The van der Waals surface area contributed by atoms with Crippen molar-refractivity contribution < 1.29 is 9.59 Å². The molecule has 0 bridgehead atoms. The van der Waals surface area contributed by atoms with E-state index in [2.05, 4.69) is 10.4 Å². The van der Waals surface area contributed by atoms with Crippen molar-refractivity contribution in [1.29, 1.82) is 0 Å². The summed E-state index contributed by atoms with van der Waals surface area (Å²) in [6.07, 6.45) is 3.15. The van der Waals surface area contributed by atoms with E-state index in [1.807, 2.05) is 30.3 Å². The molecule has 0 aliphatic carbocycles. The van der Waals surface area contributed by atoms with Crippen molar-refractivity contribution in [2.75, 3.05) is 5.32 Å². The Morgan fingerprint density at radius 2 is 2.00 bits per heavy atom. The molecule has 2 amide bonds. The number of amides is 2. The molecule has 0 radical (unpaired) electrons. The second-order valence-corrected chi connectivity index (χ2v) is 4.66. The predicted molar refractivity (Wildman–Crippen MR) is 78.0 cm³/mol. The Morgan fingerprint density at radius 1 is 1.29 bits per heavy atom. The summed E-state index contributed by atoms with van der Waals surface area (Å²) >= 11 is 0. The Bertz CT molecular complexity index is 623. The molecular formula is C14H17N5O2. The molecule has 1 heterocycles. The lowest BCUT2D eigenvalue weighted by molar-refractivity contribution is -0.119. The highest BCUT2D eigenvalue weighted by molar-refractivity contribution is 5.90. The number of nitrogens with zero attached hydrogens (tertiary/aromatic N) is 2. The average Bonchev–Trinajstić information content (AvgIpc) is 2.85. The Balaban J connectivity index is 1.89. The summed E-state index contributed by atoms with van der Waals surface area (Å²) in [4.78, 5) is 22.7. The minimum atomic E-state index is -0.498. The summed E-state index contributed by atoms with van der Waals surface area (Å²) in [7, 11) is 0. The normalized spacial score (nSPS) is 11.9. The molecule has 0 fully saturated rings. The van der Waals surface area contributed by atoms with E-state index in [1.54, 1.807) is 0 Å². The van der Waals surface area contributed by atoms with Gasteiger partial charge in [0.15, 0.2) is 0 Å². The van der Waals surface area contributed by atoms with Gasteiger partial charge in [0, 0.05) is 18.7 Å². The van der Waals surface area contributed by atoms with Gasteiger partial charge in [-0.3, -0.25) is 14.3 Å². The zero-order chi connectivity index (χ0) is 15.2. The number of hydrogen-bond acceptors (Lipinski definition) is 4. The van der Waals surface area contributed by atoms with Crippen molar-refractivity contribution in [3.63, 3.8) is 0 Å². The van der Waals surface area contributed by atoms with Crippen LogP contribution in [0.15, 0.2) is 42.7 Å². The SMILES string of the molecule is NC(=O)Cn1cc(NC(=O)CC(N)c2ccccc2)cn1. The molecule has 2 rings (SSSR count).